The quantitative estimate of drug-likeness (QED) is 0.681. The number of thiophene rings is 1. The summed E-state index contributed by atoms with van der Waals surface area (Å²) in [5, 5.41) is 0. The Balaban J connectivity index is 3.50. The van der Waals surface area contributed by atoms with Crippen LogP contribution in [0.1, 0.15) is 23.5 Å². The maximum Gasteiger partial charge on any atom is 0.179 e. The number of Topliss-reactive ketones (excluding diaryl/α,β-unsaturated/α-hetero) is 1. The van der Waals surface area contributed by atoms with Gasteiger partial charge in [-0.1, -0.05) is 13.8 Å². The van der Waals surface area contributed by atoms with Gasteiger partial charge < -0.3 is 5.73 Å². The van der Waals surface area contributed by atoms with Gasteiger partial charge in [-0.2, -0.15) is 0 Å². The minimum Gasteiger partial charge on any atom is -0.396 e. The van der Waals surface area contributed by atoms with E-state index in [2.05, 4.69) is 0 Å². The van der Waals surface area contributed by atoms with Crippen molar-refractivity contribution in [3.8, 4) is 0 Å². The lowest BCUT2D eigenvalue weighted by molar-refractivity contribution is 0.0944. The van der Waals surface area contributed by atoms with E-state index in [9.17, 15) is 13.2 Å². The Hall–Kier alpha value is -0.530. The molecule has 0 radical (unpaired) electrons. The number of rotatable bonds is 4. The van der Waals surface area contributed by atoms with Crippen LogP contribution in [0.3, 0.4) is 0 Å². The molecule has 0 saturated carbocycles. The van der Waals surface area contributed by atoms with Gasteiger partial charge in [-0.15, -0.1) is 23.1 Å². The number of thioether (sulfide) groups is 1. The summed E-state index contributed by atoms with van der Waals surface area (Å²) in [6.45, 7) is 3.53. The average molecular weight is 293 g/mol. The summed E-state index contributed by atoms with van der Waals surface area (Å²) < 4.78 is 23.9. The van der Waals surface area contributed by atoms with Crippen LogP contribution >= 0.6 is 23.1 Å². The fourth-order valence-corrected chi connectivity index (χ4v) is 5.30. The lowest BCUT2D eigenvalue weighted by Gasteiger charge is -2.03. The second-order valence-corrected chi connectivity index (χ2v) is 8.00. The van der Waals surface area contributed by atoms with E-state index in [1.807, 2.05) is 0 Å². The zero-order valence-electron chi connectivity index (χ0n) is 10.1. The Labute approximate surface area is 110 Å². The van der Waals surface area contributed by atoms with Gasteiger partial charge in [0.15, 0.2) is 15.6 Å². The summed E-state index contributed by atoms with van der Waals surface area (Å²) in [7, 11) is -3.40. The molecule has 1 aromatic heterocycles. The number of hydrogen-bond acceptors (Lipinski definition) is 6. The molecule has 2 N–H and O–H groups in total. The first-order chi connectivity index (χ1) is 7.70. The van der Waals surface area contributed by atoms with E-state index >= 15 is 0 Å². The highest BCUT2D eigenvalue weighted by molar-refractivity contribution is 8.01. The van der Waals surface area contributed by atoms with Gasteiger partial charge in [-0.3, -0.25) is 4.79 Å². The molecule has 1 heterocycles. The van der Waals surface area contributed by atoms with Crippen molar-refractivity contribution in [2.75, 3.05) is 18.2 Å². The fraction of sp³-hybridized carbons (Fsp3) is 0.500. The van der Waals surface area contributed by atoms with Gasteiger partial charge in [0.2, 0.25) is 0 Å². The van der Waals surface area contributed by atoms with E-state index in [4.69, 9.17) is 5.73 Å². The summed E-state index contributed by atoms with van der Waals surface area (Å²) in [5.74, 6) is -0.309. The first kappa shape index (κ1) is 14.5. The maximum atomic E-state index is 11.9. The zero-order chi connectivity index (χ0) is 13.4. The van der Waals surface area contributed by atoms with Gasteiger partial charge in [-0.25, -0.2) is 8.42 Å². The summed E-state index contributed by atoms with van der Waals surface area (Å²) in [6.07, 6.45) is 2.87. The van der Waals surface area contributed by atoms with E-state index in [-0.39, 0.29) is 22.3 Å². The second kappa shape index (κ2) is 4.99. The molecule has 0 atom stereocenters. The number of sulfone groups is 1. The third kappa shape index (κ3) is 2.83. The Morgan fingerprint density at radius 1 is 1.41 bits per heavy atom. The minimum absolute atomic E-state index is 0.0963. The smallest absolute Gasteiger partial charge is 0.179 e. The molecule has 4 nitrogen and oxygen atoms in total. The lowest BCUT2D eigenvalue weighted by Crippen LogP contribution is -2.09. The minimum atomic E-state index is -3.40. The molecule has 0 aliphatic heterocycles. The molecule has 0 aromatic carbocycles. The second-order valence-electron chi connectivity index (χ2n) is 3.96. The van der Waals surface area contributed by atoms with Crippen molar-refractivity contribution in [1.82, 2.24) is 0 Å². The van der Waals surface area contributed by atoms with Crippen LogP contribution in [0.4, 0.5) is 5.69 Å². The predicted octanol–water partition coefficient (Wildman–Crippen LogP) is 2.29. The molecule has 17 heavy (non-hydrogen) atoms. The van der Waals surface area contributed by atoms with Crippen LogP contribution in [0.25, 0.3) is 0 Å². The number of hydrogen-bond donors (Lipinski definition) is 1. The average Bonchev–Trinajstić information content (AvgIpc) is 2.53. The first-order valence-corrected chi connectivity index (χ1v) is 8.84. The number of anilines is 1. The SMILES string of the molecule is CSc1sc(C(=O)C(C)C)c(N)c1S(C)(=O)=O. The highest BCUT2D eigenvalue weighted by atomic mass is 32.2. The van der Waals surface area contributed by atoms with Crippen LogP contribution in [0, 0.1) is 5.92 Å². The summed E-state index contributed by atoms with van der Waals surface area (Å²) in [4.78, 5) is 12.3. The van der Waals surface area contributed by atoms with Crippen molar-refractivity contribution in [3.63, 3.8) is 0 Å². The molecule has 7 heteroatoms. The van der Waals surface area contributed by atoms with E-state index in [1.54, 1.807) is 20.1 Å². The van der Waals surface area contributed by atoms with Gasteiger partial charge in [0.25, 0.3) is 0 Å². The Morgan fingerprint density at radius 2 is 1.94 bits per heavy atom. The van der Waals surface area contributed by atoms with Crippen molar-refractivity contribution in [2.45, 2.75) is 23.0 Å². The molecule has 0 spiro atoms. The summed E-state index contributed by atoms with van der Waals surface area (Å²) >= 11 is 2.45. The molecule has 0 fully saturated rings. The van der Waals surface area contributed by atoms with Crippen LogP contribution < -0.4 is 5.73 Å². The van der Waals surface area contributed by atoms with Gasteiger partial charge >= 0.3 is 0 Å². The normalized spacial score (nSPS) is 12.1. The maximum absolute atomic E-state index is 11.9. The third-order valence-corrected chi connectivity index (χ3v) is 5.94. The van der Waals surface area contributed by atoms with E-state index < -0.39 is 9.84 Å². The van der Waals surface area contributed by atoms with Gasteiger partial charge in [-0.05, 0) is 6.26 Å². The fourth-order valence-electron chi connectivity index (χ4n) is 1.34. The van der Waals surface area contributed by atoms with E-state index in [1.165, 1.54) is 11.8 Å². The molecular formula is C10H15NO3S3. The molecule has 1 aromatic rings. The van der Waals surface area contributed by atoms with Crippen molar-refractivity contribution in [3.05, 3.63) is 4.88 Å². The summed E-state index contributed by atoms with van der Waals surface area (Å²) in [5.41, 5.74) is 5.90. The van der Waals surface area contributed by atoms with Crippen molar-refractivity contribution in [1.29, 1.82) is 0 Å². The van der Waals surface area contributed by atoms with Crippen molar-refractivity contribution < 1.29 is 13.2 Å². The molecule has 0 saturated heterocycles. The molecule has 96 valence electrons. The van der Waals surface area contributed by atoms with Crippen LogP contribution in [0.15, 0.2) is 9.10 Å². The van der Waals surface area contributed by atoms with Crippen molar-refractivity contribution >= 4 is 44.4 Å². The van der Waals surface area contributed by atoms with Gasteiger partial charge in [0.1, 0.15) is 4.90 Å². The molecule has 0 bridgehead atoms. The molecule has 0 amide bonds. The number of nitrogen functional groups attached to an aromatic ring is 1. The molecular weight excluding hydrogens is 278 g/mol. The standard InChI is InChI=1S/C10H15NO3S3/c1-5(2)7(12)8-6(11)9(17(4,13)14)10(15-3)16-8/h5H,11H2,1-4H3. The van der Waals surface area contributed by atoms with E-state index in [0.717, 1.165) is 17.6 Å². The molecule has 1 rings (SSSR count). The third-order valence-electron chi connectivity index (χ3n) is 2.17. The predicted molar refractivity (Wildman–Crippen MR) is 72.8 cm³/mol. The number of nitrogens with two attached hydrogens (primary N) is 1. The highest BCUT2D eigenvalue weighted by Crippen LogP contribution is 2.41. The van der Waals surface area contributed by atoms with Crippen LogP contribution in [-0.4, -0.2) is 26.7 Å². The number of ketones is 1. The monoisotopic (exact) mass is 293 g/mol. The summed E-state index contributed by atoms with van der Waals surface area (Å²) in [6, 6.07) is 0. The molecule has 0 aliphatic rings. The van der Waals surface area contributed by atoms with E-state index in [0.29, 0.717) is 9.09 Å². The molecule has 0 unspecified atom stereocenters. The van der Waals surface area contributed by atoms with Crippen LogP contribution in [0.5, 0.6) is 0 Å². The number of carbonyl (C=O) groups is 1. The largest absolute Gasteiger partial charge is 0.396 e. The zero-order valence-corrected chi connectivity index (χ0v) is 12.6. The molecule has 0 aliphatic carbocycles. The van der Waals surface area contributed by atoms with Gasteiger partial charge in [0.05, 0.1) is 14.8 Å². The first-order valence-electron chi connectivity index (χ1n) is 4.90. The van der Waals surface area contributed by atoms with Gasteiger partial charge in [0, 0.05) is 12.2 Å². The van der Waals surface area contributed by atoms with Crippen molar-refractivity contribution in [2.24, 2.45) is 5.92 Å². The lowest BCUT2D eigenvalue weighted by atomic mass is 10.1. The Kier molecular flexibility index (Phi) is 4.27. The van der Waals surface area contributed by atoms with Crippen LogP contribution in [-0.2, 0) is 9.84 Å². The number of carbonyl (C=O) groups excluding carboxylic acids is 1. The Bertz CT molecular complexity index is 543. The topological polar surface area (TPSA) is 77.2 Å². The highest BCUT2D eigenvalue weighted by Gasteiger charge is 2.27. The Morgan fingerprint density at radius 3 is 2.24 bits per heavy atom. The van der Waals surface area contributed by atoms with Crippen LogP contribution in [0.2, 0.25) is 0 Å².